The van der Waals surface area contributed by atoms with Gasteiger partial charge >= 0.3 is 5.69 Å². The largest absolute Gasteiger partial charge is 0.332 e. The summed E-state index contributed by atoms with van der Waals surface area (Å²) in [7, 11) is 1.65. The molecule has 0 unspecified atom stereocenters. The van der Waals surface area contributed by atoms with Gasteiger partial charge in [-0.1, -0.05) is 0 Å². The number of hydrogen-bond donors (Lipinski definition) is 0. The third-order valence-corrected chi connectivity index (χ3v) is 4.26. The number of nitrogens with zero attached hydrogens (tertiary/aromatic N) is 5. The van der Waals surface area contributed by atoms with Gasteiger partial charge in [0.15, 0.2) is 11.2 Å². The normalized spacial score (nSPS) is 11.9. The van der Waals surface area contributed by atoms with E-state index < -0.39 is 0 Å². The third kappa shape index (κ3) is 1.51. The first-order chi connectivity index (χ1) is 9.93. The highest BCUT2D eigenvalue weighted by Crippen LogP contribution is 2.20. The van der Waals surface area contributed by atoms with Crippen molar-refractivity contribution in [2.75, 3.05) is 0 Å². The second kappa shape index (κ2) is 4.34. The van der Waals surface area contributed by atoms with Crippen LogP contribution in [0.3, 0.4) is 0 Å². The van der Waals surface area contributed by atoms with Gasteiger partial charge in [-0.3, -0.25) is 18.3 Å². The molecule has 0 N–H and O–H groups in total. The zero-order valence-electron chi connectivity index (χ0n) is 13.0. The Hall–Kier alpha value is -2.31. The zero-order chi connectivity index (χ0) is 15.5. The zero-order valence-corrected chi connectivity index (χ0v) is 13.0. The number of hydrogen-bond acceptors (Lipinski definition) is 3. The van der Waals surface area contributed by atoms with Crippen molar-refractivity contribution in [3.8, 4) is 0 Å². The van der Waals surface area contributed by atoms with Crippen molar-refractivity contribution in [2.45, 2.75) is 40.8 Å². The van der Waals surface area contributed by atoms with Crippen LogP contribution in [0.15, 0.2) is 9.59 Å². The predicted molar refractivity (Wildman–Crippen MR) is 81.0 cm³/mol. The Morgan fingerprint density at radius 2 is 1.62 bits per heavy atom. The van der Waals surface area contributed by atoms with Gasteiger partial charge in [0.1, 0.15) is 0 Å². The minimum atomic E-state index is -0.326. The maximum atomic E-state index is 12.6. The van der Waals surface area contributed by atoms with E-state index in [1.807, 2.05) is 25.2 Å². The number of rotatable bonds is 2. The van der Waals surface area contributed by atoms with Gasteiger partial charge in [-0.05, 0) is 27.7 Å². The molecule has 0 fully saturated rings. The standard InChI is InChI=1S/C14H19N5O2/c1-6-17-8(3)9(4)19-10-11(15-13(17)19)16(5)14(21)18(7-2)12(10)20/h6-7H2,1-5H3. The van der Waals surface area contributed by atoms with Crippen LogP contribution in [0.2, 0.25) is 0 Å². The summed E-state index contributed by atoms with van der Waals surface area (Å²) in [5.41, 5.74) is 2.37. The first kappa shape index (κ1) is 13.7. The maximum Gasteiger partial charge on any atom is 0.332 e. The van der Waals surface area contributed by atoms with E-state index in [1.165, 1.54) is 9.13 Å². The van der Waals surface area contributed by atoms with Crippen molar-refractivity contribution in [3.63, 3.8) is 0 Å². The highest BCUT2D eigenvalue weighted by atomic mass is 16.2. The fraction of sp³-hybridized carbons (Fsp3) is 0.500. The second-order valence-corrected chi connectivity index (χ2v) is 5.23. The molecule has 7 nitrogen and oxygen atoms in total. The molecule has 0 aliphatic heterocycles. The maximum absolute atomic E-state index is 12.6. The summed E-state index contributed by atoms with van der Waals surface area (Å²) >= 11 is 0. The van der Waals surface area contributed by atoms with Crippen molar-refractivity contribution < 1.29 is 0 Å². The van der Waals surface area contributed by atoms with Crippen LogP contribution in [0, 0.1) is 13.8 Å². The lowest BCUT2D eigenvalue weighted by atomic mass is 10.3. The minimum absolute atomic E-state index is 0.278. The fourth-order valence-corrected chi connectivity index (χ4v) is 2.97. The monoisotopic (exact) mass is 289 g/mol. The molecule has 3 aromatic heterocycles. The lowest BCUT2D eigenvalue weighted by molar-refractivity contribution is 0.636. The Balaban J connectivity index is 2.70. The van der Waals surface area contributed by atoms with Gasteiger partial charge in [0.05, 0.1) is 0 Å². The third-order valence-electron chi connectivity index (χ3n) is 4.26. The van der Waals surface area contributed by atoms with Crippen LogP contribution in [0.1, 0.15) is 25.2 Å². The number of fused-ring (bicyclic) bond motifs is 3. The number of imidazole rings is 2. The molecular formula is C14H19N5O2. The molecule has 0 amide bonds. The lowest BCUT2D eigenvalue weighted by Gasteiger charge is -2.05. The average Bonchev–Trinajstić information content (AvgIpc) is 2.95. The van der Waals surface area contributed by atoms with E-state index in [0.717, 1.165) is 17.9 Å². The Morgan fingerprint density at radius 1 is 1.00 bits per heavy atom. The summed E-state index contributed by atoms with van der Waals surface area (Å²) in [5.74, 6) is 0.712. The van der Waals surface area contributed by atoms with Crippen molar-refractivity contribution in [3.05, 3.63) is 32.2 Å². The van der Waals surface area contributed by atoms with E-state index in [4.69, 9.17) is 0 Å². The second-order valence-electron chi connectivity index (χ2n) is 5.23. The molecule has 0 aromatic carbocycles. The Labute approximate surface area is 121 Å². The number of aryl methyl sites for hydroxylation is 3. The molecule has 3 aromatic rings. The highest BCUT2D eigenvalue weighted by molar-refractivity contribution is 5.76. The molecule has 0 saturated heterocycles. The van der Waals surface area contributed by atoms with E-state index in [-0.39, 0.29) is 11.2 Å². The van der Waals surface area contributed by atoms with Crippen LogP contribution in [-0.2, 0) is 20.1 Å². The molecule has 3 rings (SSSR count). The summed E-state index contributed by atoms with van der Waals surface area (Å²) in [5, 5.41) is 0. The predicted octanol–water partition coefficient (Wildman–Crippen LogP) is 0.806. The van der Waals surface area contributed by atoms with Gasteiger partial charge in [-0.2, -0.15) is 4.98 Å². The Kier molecular flexibility index (Phi) is 2.82. The van der Waals surface area contributed by atoms with Gasteiger partial charge in [0.25, 0.3) is 5.56 Å². The molecule has 21 heavy (non-hydrogen) atoms. The molecule has 0 bridgehead atoms. The minimum Gasteiger partial charge on any atom is -0.314 e. The molecule has 0 spiro atoms. The van der Waals surface area contributed by atoms with E-state index in [2.05, 4.69) is 9.55 Å². The van der Waals surface area contributed by atoms with Crippen LogP contribution in [0.5, 0.6) is 0 Å². The summed E-state index contributed by atoms with van der Waals surface area (Å²) in [6.45, 7) is 8.93. The van der Waals surface area contributed by atoms with E-state index in [0.29, 0.717) is 23.5 Å². The van der Waals surface area contributed by atoms with E-state index >= 15 is 0 Å². The molecule has 0 saturated carbocycles. The van der Waals surface area contributed by atoms with Crippen molar-refractivity contribution in [2.24, 2.45) is 7.05 Å². The van der Waals surface area contributed by atoms with Gasteiger partial charge in [-0.25, -0.2) is 4.79 Å². The topological polar surface area (TPSA) is 66.2 Å². The first-order valence-corrected chi connectivity index (χ1v) is 7.11. The van der Waals surface area contributed by atoms with Crippen molar-refractivity contribution >= 4 is 16.9 Å². The van der Waals surface area contributed by atoms with E-state index in [1.54, 1.807) is 14.0 Å². The molecule has 0 radical (unpaired) electrons. The Morgan fingerprint density at radius 3 is 2.19 bits per heavy atom. The molecule has 7 heteroatoms. The molecule has 0 atom stereocenters. The van der Waals surface area contributed by atoms with Crippen LogP contribution in [-0.4, -0.2) is 23.1 Å². The average molecular weight is 289 g/mol. The summed E-state index contributed by atoms with van der Waals surface area (Å²) in [6.07, 6.45) is 0. The SMILES string of the molecule is CCn1c(=O)c2c(nc3n(CC)c(C)c(C)n23)n(C)c1=O. The molecule has 3 heterocycles. The molecular weight excluding hydrogens is 270 g/mol. The lowest BCUT2D eigenvalue weighted by Crippen LogP contribution is -2.38. The fourth-order valence-electron chi connectivity index (χ4n) is 2.97. The summed E-state index contributed by atoms with van der Waals surface area (Å²) < 4.78 is 6.61. The van der Waals surface area contributed by atoms with Gasteiger partial charge in [0.2, 0.25) is 5.78 Å². The van der Waals surface area contributed by atoms with Crippen molar-refractivity contribution in [1.29, 1.82) is 0 Å². The summed E-state index contributed by atoms with van der Waals surface area (Å²) in [4.78, 5) is 29.4. The molecule has 112 valence electrons. The number of aromatic nitrogens is 5. The van der Waals surface area contributed by atoms with Crippen molar-refractivity contribution in [1.82, 2.24) is 23.1 Å². The van der Waals surface area contributed by atoms with Gasteiger partial charge < -0.3 is 4.57 Å². The van der Waals surface area contributed by atoms with Crippen LogP contribution >= 0.6 is 0 Å². The highest BCUT2D eigenvalue weighted by Gasteiger charge is 2.21. The summed E-state index contributed by atoms with van der Waals surface area (Å²) in [6, 6.07) is 0. The molecule has 0 aliphatic carbocycles. The van der Waals surface area contributed by atoms with Crippen LogP contribution in [0.25, 0.3) is 16.9 Å². The Bertz CT molecular complexity index is 983. The smallest absolute Gasteiger partial charge is 0.314 e. The molecule has 0 aliphatic rings. The van der Waals surface area contributed by atoms with Gasteiger partial charge in [-0.15, -0.1) is 0 Å². The van der Waals surface area contributed by atoms with Gasteiger partial charge in [0, 0.05) is 31.5 Å². The first-order valence-electron chi connectivity index (χ1n) is 7.11. The quantitative estimate of drug-likeness (QED) is 0.701. The van der Waals surface area contributed by atoms with Crippen LogP contribution in [0.4, 0.5) is 0 Å². The van der Waals surface area contributed by atoms with E-state index in [9.17, 15) is 9.59 Å². The van der Waals surface area contributed by atoms with Crippen LogP contribution < -0.4 is 11.2 Å².